The van der Waals surface area contributed by atoms with Crippen LogP contribution in [0, 0.1) is 5.92 Å². The third-order valence-electron chi connectivity index (χ3n) is 6.64. The topological polar surface area (TPSA) is 87.9 Å². The molecular weight excluding hydrogens is 428 g/mol. The van der Waals surface area contributed by atoms with Crippen LogP contribution in [0.3, 0.4) is 0 Å². The Bertz CT molecular complexity index is 1050. The number of piperidine rings is 1. The van der Waals surface area contributed by atoms with Crippen molar-refractivity contribution in [1.82, 2.24) is 13.9 Å². The number of rotatable bonds is 5. The van der Waals surface area contributed by atoms with Gasteiger partial charge in [-0.3, -0.25) is 4.31 Å². The molecule has 4 rings (SSSR count). The van der Waals surface area contributed by atoms with E-state index in [1.54, 1.807) is 7.05 Å². The number of aromatic nitrogens is 2. The van der Waals surface area contributed by atoms with E-state index in [0.29, 0.717) is 37.5 Å². The molecule has 0 saturated carbocycles. The van der Waals surface area contributed by atoms with Gasteiger partial charge in [0.15, 0.2) is 0 Å². The lowest BCUT2D eigenvalue weighted by atomic mass is 9.94. The molecular formula is C23H36N4O4S. The van der Waals surface area contributed by atoms with E-state index >= 15 is 0 Å². The second-order valence-electron chi connectivity index (χ2n) is 10.1. The quantitative estimate of drug-likeness (QED) is 0.735. The molecule has 32 heavy (non-hydrogen) atoms. The van der Waals surface area contributed by atoms with Gasteiger partial charge in [0.2, 0.25) is 0 Å². The first-order valence-electron chi connectivity index (χ1n) is 11.6. The zero-order valence-corrected chi connectivity index (χ0v) is 20.4. The predicted molar refractivity (Wildman–Crippen MR) is 126 cm³/mol. The largest absolute Gasteiger partial charge is 0.393 e. The van der Waals surface area contributed by atoms with Crippen LogP contribution < -0.4 is 4.31 Å². The number of imidazole rings is 1. The van der Waals surface area contributed by atoms with Crippen LogP contribution in [-0.2, 0) is 26.9 Å². The Kier molecular flexibility index (Phi) is 6.55. The molecule has 2 aromatic rings. The van der Waals surface area contributed by atoms with E-state index in [4.69, 9.17) is 9.72 Å². The zero-order chi connectivity index (χ0) is 23.1. The van der Waals surface area contributed by atoms with Gasteiger partial charge in [-0.25, -0.2) is 4.98 Å². The number of anilines is 1. The number of aliphatic hydroxyl groups is 1. The SMILES string of the molecule is CN(c1ccc2c(c1)nc(C(C)(C)C)n2CC1CCOCC1)S(=O)(=O)N1CCC(O)CC1. The molecule has 1 N–H and O–H groups in total. The lowest BCUT2D eigenvalue weighted by Crippen LogP contribution is -2.46. The fourth-order valence-electron chi connectivity index (χ4n) is 4.64. The number of nitrogens with zero attached hydrogens (tertiary/aromatic N) is 4. The van der Waals surface area contributed by atoms with Gasteiger partial charge in [0.25, 0.3) is 0 Å². The zero-order valence-electron chi connectivity index (χ0n) is 19.6. The van der Waals surface area contributed by atoms with Crippen molar-refractivity contribution >= 4 is 26.9 Å². The Hall–Kier alpha value is -1.68. The lowest BCUT2D eigenvalue weighted by Gasteiger charge is -2.32. The van der Waals surface area contributed by atoms with Crippen LogP contribution in [0.5, 0.6) is 0 Å². The summed E-state index contributed by atoms with van der Waals surface area (Å²) in [6.07, 6.45) is 2.62. The first-order chi connectivity index (χ1) is 15.1. The number of aliphatic hydroxyl groups excluding tert-OH is 1. The average Bonchev–Trinajstić information content (AvgIpc) is 3.12. The monoisotopic (exact) mass is 464 g/mol. The molecule has 0 atom stereocenters. The summed E-state index contributed by atoms with van der Waals surface area (Å²) in [5.74, 6) is 1.58. The molecule has 0 bridgehead atoms. The van der Waals surface area contributed by atoms with E-state index in [1.807, 2.05) is 18.2 Å². The molecule has 2 fully saturated rings. The first-order valence-corrected chi connectivity index (χ1v) is 13.0. The van der Waals surface area contributed by atoms with Crippen molar-refractivity contribution in [3.63, 3.8) is 0 Å². The average molecular weight is 465 g/mol. The summed E-state index contributed by atoms with van der Waals surface area (Å²) in [7, 11) is -2.07. The summed E-state index contributed by atoms with van der Waals surface area (Å²) in [4.78, 5) is 4.96. The highest BCUT2D eigenvalue weighted by Gasteiger charge is 2.31. The molecule has 0 amide bonds. The first kappa shape index (κ1) is 23.5. The minimum absolute atomic E-state index is 0.128. The molecule has 3 heterocycles. The fourth-order valence-corrected chi connectivity index (χ4v) is 6.04. The second-order valence-corrected chi connectivity index (χ2v) is 12.1. The highest BCUT2D eigenvalue weighted by atomic mass is 32.2. The molecule has 0 aliphatic carbocycles. The molecule has 8 nitrogen and oxygen atoms in total. The van der Waals surface area contributed by atoms with Gasteiger partial charge < -0.3 is 14.4 Å². The van der Waals surface area contributed by atoms with Crippen LogP contribution in [-0.4, -0.2) is 66.8 Å². The standard InChI is InChI=1S/C23H36N4O4S/c1-23(2,3)22-24-20-15-18(25(4)32(29,30)26-11-7-19(28)8-12-26)5-6-21(20)27(22)16-17-9-13-31-14-10-17/h5-6,15,17,19,28H,7-14,16H2,1-4H3. The number of benzene rings is 1. The van der Waals surface area contributed by atoms with Gasteiger partial charge in [0.05, 0.1) is 22.8 Å². The molecule has 178 valence electrons. The second kappa shape index (κ2) is 8.93. The molecule has 0 radical (unpaired) electrons. The van der Waals surface area contributed by atoms with E-state index in [2.05, 4.69) is 25.3 Å². The molecule has 1 aromatic heterocycles. The van der Waals surface area contributed by atoms with Crippen molar-refractivity contribution < 1.29 is 18.3 Å². The van der Waals surface area contributed by atoms with Gasteiger partial charge in [0, 0.05) is 45.3 Å². The summed E-state index contributed by atoms with van der Waals surface area (Å²) in [5, 5.41) is 9.73. The van der Waals surface area contributed by atoms with Crippen molar-refractivity contribution in [3.8, 4) is 0 Å². The van der Waals surface area contributed by atoms with Crippen LogP contribution in [0.25, 0.3) is 11.0 Å². The summed E-state index contributed by atoms with van der Waals surface area (Å²) in [5.41, 5.74) is 2.32. The van der Waals surface area contributed by atoms with Crippen LogP contribution in [0.15, 0.2) is 18.2 Å². The molecule has 2 aliphatic rings. The van der Waals surface area contributed by atoms with E-state index in [1.165, 1.54) is 8.61 Å². The van der Waals surface area contributed by atoms with Crippen LogP contribution in [0.4, 0.5) is 5.69 Å². The predicted octanol–water partition coefficient (Wildman–Crippen LogP) is 2.90. The van der Waals surface area contributed by atoms with E-state index in [-0.39, 0.29) is 5.41 Å². The highest BCUT2D eigenvalue weighted by Crippen LogP contribution is 2.32. The van der Waals surface area contributed by atoms with Crippen LogP contribution in [0.1, 0.15) is 52.3 Å². The van der Waals surface area contributed by atoms with Gasteiger partial charge in [-0.05, 0) is 49.8 Å². The van der Waals surface area contributed by atoms with E-state index in [9.17, 15) is 13.5 Å². The Morgan fingerprint density at radius 3 is 2.44 bits per heavy atom. The van der Waals surface area contributed by atoms with Crippen molar-refractivity contribution in [2.75, 3.05) is 37.7 Å². The van der Waals surface area contributed by atoms with Crippen LogP contribution >= 0.6 is 0 Å². The highest BCUT2D eigenvalue weighted by molar-refractivity contribution is 7.90. The summed E-state index contributed by atoms with van der Waals surface area (Å²) >= 11 is 0. The van der Waals surface area contributed by atoms with Crippen molar-refractivity contribution in [2.24, 2.45) is 5.92 Å². The molecule has 2 aliphatic heterocycles. The Labute approximate surface area is 191 Å². The van der Waals surface area contributed by atoms with E-state index in [0.717, 1.165) is 49.5 Å². The normalized spacial score (nSPS) is 20.2. The fraction of sp³-hybridized carbons (Fsp3) is 0.696. The van der Waals surface area contributed by atoms with Gasteiger partial charge in [-0.1, -0.05) is 20.8 Å². The molecule has 2 saturated heterocycles. The van der Waals surface area contributed by atoms with Crippen molar-refractivity contribution in [1.29, 1.82) is 0 Å². The third-order valence-corrected chi connectivity index (χ3v) is 8.56. The molecule has 0 unspecified atom stereocenters. The Balaban J connectivity index is 1.66. The number of hydrogen-bond donors (Lipinski definition) is 1. The maximum atomic E-state index is 13.2. The lowest BCUT2D eigenvalue weighted by molar-refractivity contribution is 0.0611. The molecule has 0 spiro atoms. The minimum atomic E-state index is -3.65. The Morgan fingerprint density at radius 2 is 1.81 bits per heavy atom. The van der Waals surface area contributed by atoms with Gasteiger partial charge in [-0.15, -0.1) is 0 Å². The minimum Gasteiger partial charge on any atom is -0.393 e. The maximum absolute atomic E-state index is 13.2. The van der Waals surface area contributed by atoms with Gasteiger partial charge >= 0.3 is 10.2 Å². The van der Waals surface area contributed by atoms with Gasteiger partial charge in [0.1, 0.15) is 5.82 Å². The van der Waals surface area contributed by atoms with Gasteiger partial charge in [-0.2, -0.15) is 12.7 Å². The third kappa shape index (κ3) is 4.66. The van der Waals surface area contributed by atoms with Crippen LogP contribution in [0.2, 0.25) is 0 Å². The number of fused-ring (bicyclic) bond motifs is 1. The molecule has 9 heteroatoms. The maximum Gasteiger partial charge on any atom is 0.303 e. The molecule has 1 aromatic carbocycles. The van der Waals surface area contributed by atoms with E-state index < -0.39 is 16.3 Å². The summed E-state index contributed by atoms with van der Waals surface area (Å²) < 4.78 is 36.9. The smallest absolute Gasteiger partial charge is 0.303 e. The summed E-state index contributed by atoms with van der Waals surface area (Å²) in [6, 6.07) is 5.74. The Morgan fingerprint density at radius 1 is 1.16 bits per heavy atom. The number of ether oxygens (including phenoxy) is 1. The summed E-state index contributed by atoms with van der Waals surface area (Å²) in [6.45, 7) is 9.68. The van der Waals surface area contributed by atoms with Crippen molar-refractivity contribution in [2.45, 2.75) is 64.5 Å². The van der Waals surface area contributed by atoms with Crippen molar-refractivity contribution in [3.05, 3.63) is 24.0 Å². The number of hydrogen-bond acceptors (Lipinski definition) is 5.